The van der Waals surface area contributed by atoms with E-state index in [0.717, 1.165) is 0 Å². The summed E-state index contributed by atoms with van der Waals surface area (Å²) in [5, 5.41) is 11.3. The number of hydrogen-bond donors (Lipinski definition) is 4. The fourth-order valence-corrected chi connectivity index (χ4v) is 8.33. The molecule has 6 rings (SSSR count). The number of aliphatic hydroxyl groups excluding tert-OH is 1. The van der Waals surface area contributed by atoms with Crippen molar-refractivity contribution in [3.8, 4) is 0 Å². The predicted molar refractivity (Wildman–Crippen MR) is 94.7 cm³/mol. The molecule has 2 aliphatic carbocycles. The standard InChI is InChI=1S/C19H25N3O8/c1-16(2,3)8-6(21)11-18-9(22)7-4(5(20)12(24)27-7)19(18,14(26)28-11)30-15-17(8,18)10(23)13(25)29-15/h4-11,15,23H,20-22H2,1-3H3/t4?,5-,6+,7+,8-,9-,10-,11?,15-,17?,18+,19+/m0/s1. The first-order valence-corrected chi connectivity index (χ1v) is 10.1. The van der Waals surface area contributed by atoms with Crippen LogP contribution in [0.3, 0.4) is 0 Å². The molecule has 0 aromatic heterocycles. The van der Waals surface area contributed by atoms with E-state index < -0.39 is 94.3 Å². The number of ether oxygens (including phenoxy) is 4. The zero-order chi connectivity index (χ0) is 21.8. The summed E-state index contributed by atoms with van der Waals surface area (Å²) in [5.74, 6) is -3.83. The van der Waals surface area contributed by atoms with Crippen molar-refractivity contribution in [2.75, 3.05) is 0 Å². The van der Waals surface area contributed by atoms with Crippen LogP contribution in [0, 0.1) is 28.1 Å². The Hall–Kier alpha value is -1.79. The number of hydrogen-bond acceptors (Lipinski definition) is 11. The highest BCUT2D eigenvalue weighted by Gasteiger charge is 3.01. The Balaban J connectivity index is 1.71. The maximum Gasteiger partial charge on any atom is 0.340 e. The molecular formula is C19H25N3O8. The fourth-order valence-electron chi connectivity index (χ4n) is 8.33. The van der Waals surface area contributed by atoms with Crippen LogP contribution in [0.15, 0.2) is 0 Å². The van der Waals surface area contributed by atoms with E-state index in [-0.39, 0.29) is 0 Å². The van der Waals surface area contributed by atoms with Gasteiger partial charge in [0.2, 0.25) is 6.29 Å². The summed E-state index contributed by atoms with van der Waals surface area (Å²) in [6.45, 7) is 5.77. The maximum absolute atomic E-state index is 13.4. The summed E-state index contributed by atoms with van der Waals surface area (Å²) >= 11 is 0. The highest BCUT2D eigenvalue weighted by Crippen LogP contribution is 2.82. The minimum absolute atomic E-state index is 0.548. The first-order valence-electron chi connectivity index (χ1n) is 10.1. The largest absolute Gasteiger partial charge is 0.459 e. The average Bonchev–Trinajstić information content (AvgIpc) is 3.34. The summed E-state index contributed by atoms with van der Waals surface area (Å²) in [6.07, 6.45) is -4.82. The van der Waals surface area contributed by atoms with Gasteiger partial charge in [0.05, 0.1) is 22.8 Å². The summed E-state index contributed by atoms with van der Waals surface area (Å²) in [7, 11) is 0. The molecule has 3 unspecified atom stereocenters. The van der Waals surface area contributed by atoms with Crippen LogP contribution in [-0.2, 0) is 33.3 Å². The number of rotatable bonds is 0. The van der Waals surface area contributed by atoms with Crippen LogP contribution in [0.2, 0.25) is 0 Å². The van der Waals surface area contributed by atoms with Gasteiger partial charge in [-0.05, 0) is 11.3 Å². The molecule has 4 saturated heterocycles. The molecule has 30 heavy (non-hydrogen) atoms. The van der Waals surface area contributed by atoms with Gasteiger partial charge in [0, 0.05) is 6.04 Å². The second kappa shape index (κ2) is 4.83. The molecule has 4 heterocycles. The van der Waals surface area contributed by atoms with Crippen molar-refractivity contribution >= 4 is 17.9 Å². The van der Waals surface area contributed by atoms with E-state index in [1.54, 1.807) is 0 Å². The van der Waals surface area contributed by atoms with Gasteiger partial charge in [0.25, 0.3) is 0 Å². The summed E-state index contributed by atoms with van der Waals surface area (Å²) in [5.41, 5.74) is 14.3. The topological polar surface area (TPSA) is 186 Å². The first kappa shape index (κ1) is 18.9. The van der Waals surface area contributed by atoms with Gasteiger partial charge in [-0.3, -0.25) is 4.79 Å². The van der Waals surface area contributed by atoms with Crippen LogP contribution in [0.1, 0.15) is 20.8 Å². The SMILES string of the molecule is CC(C)(C)[C@@H]1[C@@H](N)C2OC(=O)[C@@]34O[C@@H]5OC(=O)[C@H](O)C51[C@@]23[C@@H](N)[C@@H]1OC(=O)[C@@H](N)C14. The van der Waals surface area contributed by atoms with E-state index in [9.17, 15) is 19.5 Å². The molecule has 7 N–H and O–H groups in total. The Bertz CT molecular complexity index is 920. The monoisotopic (exact) mass is 423 g/mol. The van der Waals surface area contributed by atoms with Crippen molar-refractivity contribution in [1.82, 2.24) is 0 Å². The minimum Gasteiger partial charge on any atom is -0.459 e. The Labute approximate surface area is 171 Å². The van der Waals surface area contributed by atoms with Crippen molar-refractivity contribution in [2.24, 2.45) is 45.3 Å². The Morgan fingerprint density at radius 3 is 2.30 bits per heavy atom. The zero-order valence-electron chi connectivity index (χ0n) is 16.7. The lowest BCUT2D eigenvalue weighted by Crippen LogP contribution is -2.65. The Morgan fingerprint density at radius 1 is 1.00 bits per heavy atom. The third-order valence-corrected chi connectivity index (χ3v) is 8.70. The molecule has 0 radical (unpaired) electrons. The minimum atomic E-state index is -1.81. The number of fused-ring (bicyclic) bond motifs is 1. The molecule has 0 amide bonds. The van der Waals surface area contributed by atoms with Crippen LogP contribution in [0.5, 0.6) is 0 Å². The molecule has 0 aromatic carbocycles. The van der Waals surface area contributed by atoms with E-state index in [1.165, 1.54) is 0 Å². The van der Waals surface area contributed by atoms with Crippen molar-refractivity contribution in [3.63, 3.8) is 0 Å². The number of esters is 3. The number of carbonyl (C=O) groups is 3. The second-order valence-corrected chi connectivity index (χ2v) is 10.6. The van der Waals surface area contributed by atoms with Crippen molar-refractivity contribution in [1.29, 1.82) is 0 Å². The third-order valence-electron chi connectivity index (χ3n) is 8.70. The molecule has 12 atom stereocenters. The van der Waals surface area contributed by atoms with Gasteiger partial charge in [-0.1, -0.05) is 20.8 Å². The van der Waals surface area contributed by atoms with Crippen molar-refractivity contribution in [3.05, 3.63) is 0 Å². The van der Waals surface area contributed by atoms with Crippen LogP contribution in [0.25, 0.3) is 0 Å². The molecule has 4 aliphatic heterocycles. The first-order chi connectivity index (χ1) is 13.9. The Morgan fingerprint density at radius 2 is 1.67 bits per heavy atom. The molecule has 2 saturated carbocycles. The predicted octanol–water partition coefficient (Wildman–Crippen LogP) is -2.89. The molecular weight excluding hydrogens is 398 g/mol. The van der Waals surface area contributed by atoms with Crippen molar-refractivity contribution in [2.45, 2.75) is 69.1 Å². The number of carbonyl (C=O) groups excluding carboxylic acids is 3. The van der Waals surface area contributed by atoms with Gasteiger partial charge in [-0.25, -0.2) is 9.59 Å². The smallest absolute Gasteiger partial charge is 0.340 e. The van der Waals surface area contributed by atoms with E-state index in [0.29, 0.717) is 0 Å². The summed E-state index contributed by atoms with van der Waals surface area (Å²) in [6, 6.07) is -2.95. The second-order valence-electron chi connectivity index (χ2n) is 10.6. The van der Waals surface area contributed by atoms with E-state index in [4.69, 9.17) is 36.1 Å². The highest BCUT2D eigenvalue weighted by molar-refractivity contribution is 5.93. The molecule has 0 aromatic rings. The molecule has 6 aliphatic rings. The number of aliphatic hydroxyl groups is 1. The van der Waals surface area contributed by atoms with E-state index in [2.05, 4.69) is 0 Å². The Kier molecular flexibility index (Phi) is 3.05. The quantitative estimate of drug-likeness (QED) is 0.231. The van der Waals surface area contributed by atoms with Crippen LogP contribution >= 0.6 is 0 Å². The molecule has 6 fully saturated rings. The fraction of sp³-hybridized carbons (Fsp3) is 0.842. The van der Waals surface area contributed by atoms with Crippen LogP contribution < -0.4 is 17.2 Å². The lowest BCUT2D eigenvalue weighted by Gasteiger charge is -2.48. The van der Waals surface area contributed by atoms with E-state index in [1.807, 2.05) is 20.8 Å². The van der Waals surface area contributed by atoms with Crippen molar-refractivity contribution < 1.29 is 38.4 Å². The molecule has 0 bridgehead atoms. The van der Waals surface area contributed by atoms with Gasteiger partial charge >= 0.3 is 17.9 Å². The van der Waals surface area contributed by atoms with Crippen LogP contribution in [-0.4, -0.2) is 71.3 Å². The van der Waals surface area contributed by atoms with Gasteiger partial charge < -0.3 is 41.3 Å². The van der Waals surface area contributed by atoms with Gasteiger partial charge in [0.1, 0.15) is 18.2 Å². The lowest BCUT2D eigenvalue weighted by molar-refractivity contribution is -0.205. The zero-order valence-corrected chi connectivity index (χ0v) is 16.7. The maximum atomic E-state index is 13.4. The lowest BCUT2D eigenvalue weighted by atomic mass is 9.51. The third kappa shape index (κ3) is 1.40. The van der Waals surface area contributed by atoms with Crippen LogP contribution in [0.4, 0.5) is 0 Å². The molecule has 11 nitrogen and oxygen atoms in total. The highest BCUT2D eigenvalue weighted by atomic mass is 16.7. The molecule has 2 spiro atoms. The molecule has 11 heteroatoms. The average molecular weight is 423 g/mol. The van der Waals surface area contributed by atoms with Gasteiger partial charge in [-0.15, -0.1) is 0 Å². The van der Waals surface area contributed by atoms with Gasteiger partial charge in [0.15, 0.2) is 11.7 Å². The van der Waals surface area contributed by atoms with Gasteiger partial charge in [-0.2, -0.15) is 0 Å². The normalized spacial score (nSPS) is 60.1. The summed E-state index contributed by atoms with van der Waals surface area (Å²) < 4.78 is 23.0. The molecule has 164 valence electrons. The summed E-state index contributed by atoms with van der Waals surface area (Å²) in [4.78, 5) is 38.3. The van der Waals surface area contributed by atoms with E-state index >= 15 is 0 Å². The number of nitrogens with two attached hydrogens (primary N) is 3.